The molecule has 0 bridgehead atoms. The van der Waals surface area contributed by atoms with Gasteiger partial charge in [0.05, 0.1) is 31.9 Å². The number of amides is 1. The number of carbonyl (C=O) groups is 2. The lowest BCUT2D eigenvalue weighted by Crippen LogP contribution is -2.44. The van der Waals surface area contributed by atoms with Gasteiger partial charge in [-0.3, -0.25) is 9.69 Å². The summed E-state index contributed by atoms with van der Waals surface area (Å²) in [5.74, 6) is -0.502. The first-order valence-corrected chi connectivity index (χ1v) is 10.8. The zero-order valence-electron chi connectivity index (χ0n) is 16.9. The fourth-order valence-corrected chi connectivity index (χ4v) is 4.71. The van der Waals surface area contributed by atoms with E-state index in [-0.39, 0.29) is 18.5 Å². The van der Waals surface area contributed by atoms with Crippen LogP contribution in [0.2, 0.25) is 0 Å². The molecule has 2 aromatic heterocycles. The van der Waals surface area contributed by atoms with Crippen LogP contribution in [0.1, 0.15) is 21.3 Å². The topological polar surface area (TPSA) is 72.8 Å². The first kappa shape index (κ1) is 20.6. The van der Waals surface area contributed by atoms with E-state index < -0.39 is 5.97 Å². The summed E-state index contributed by atoms with van der Waals surface area (Å²) in [6, 6.07) is 11.8. The summed E-state index contributed by atoms with van der Waals surface area (Å²) in [4.78, 5) is 28.5. The van der Waals surface area contributed by atoms with Crippen molar-refractivity contribution in [2.45, 2.75) is 12.6 Å². The molecule has 1 aliphatic heterocycles. The van der Waals surface area contributed by atoms with Crippen molar-refractivity contribution in [3.05, 3.63) is 58.4 Å². The van der Waals surface area contributed by atoms with Crippen LogP contribution in [0.15, 0.2) is 48.0 Å². The number of ether oxygens (including phenoxy) is 2. The summed E-state index contributed by atoms with van der Waals surface area (Å²) in [7, 11) is 1.36. The number of carbonyl (C=O) groups excluding carboxylic acids is 2. The minimum atomic E-state index is -0.407. The Balaban J connectivity index is 1.47. The number of thiophene rings is 1. The molecule has 8 heteroatoms. The van der Waals surface area contributed by atoms with Gasteiger partial charge in [-0.2, -0.15) is 0 Å². The number of fused-ring (bicyclic) bond motifs is 1. The third-order valence-electron chi connectivity index (χ3n) is 5.36. The molecular weight excluding hydrogens is 402 g/mol. The molecule has 3 heterocycles. The van der Waals surface area contributed by atoms with Crippen LogP contribution in [0.4, 0.5) is 0 Å². The monoisotopic (exact) mass is 427 g/mol. The highest BCUT2D eigenvalue weighted by Gasteiger charge is 2.24. The summed E-state index contributed by atoms with van der Waals surface area (Å²) in [5, 5.41) is 5.92. The van der Waals surface area contributed by atoms with E-state index in [0.29, 0.717) is 25.3 Å². The van der Waals surface area contributed by atoms with Gasteiger partial charge in [-0.05, 0) is 17.5 Å². The summed E-state index contributed by atoms with van der Waals surface area (Å²) >= 11 is 1.70. The molecule has 1 N–H and O–H groups in total. The van der Waals surface area contributed by atoms with Crippen molar-refractivity contribution < 1.29 is 19.1 Å². The molecule has 1 saturated heterocycles. The number of benzene rings is 1. The first-order valence-electron chi connectivity index (χ1n) is 9.95. The van der Waals surface area contributed by atoms with E-state index in [0.717, 1.165) is 24.0 Å². The Morgan fingerprint density at radius 3 is 2.73 bits per heavy atom. The first-order chi connectivity index (χ1) is 14.7. The van der Waals surface area contributed by atoms with E-state index in [1.165, 1.54) is 12.0 Å². The van der Waals surface area contributed by atoms with Gasteiger partial charge < -0.3 is 19.4 Å². The highest BCUT2D eigenvalue weighted by Crippen LogP contribution is 2.26. The predicted octanol–water partition coefficient (Wildman–Crippen LogP) is 2.68. The van der Waals surface area contributed by atoms with Crippen molar-refractivity contribution in [1.29, 1.82) is 0 Å². The number of aromatic nitrogens is 1. The molecule has 1 aromatic carbocycles. The van der Waals surface area contributed by atoms with Crippen LogP contribution in [0, 0.1) is 0 Å². The van der Waals surface area contributed by atoms with Crippen molar-refractivity contribution >= 4 is 34.1 Å². The van der Waals surface area contributed by atoms with Crippen molar-refractivity contribution in [2.75, 3.05) is 40.0 Å². The largest absolute Gasteiger partial charge is 0.465 e. The number of morpholine rings is 1. The lowest BCUT2D eigenvalue weighted by Gasteiger charge is -2.34. The minimum Gasteiger partial charge on any atom is -0.465 e. The summed E-state index contributed by atoms with van der Waals surface area (Å²) < 4.78 is 12.2. The molecule has 158 valence electrons. The van der Waals surface area contributed by atoms with Gasteiger partial charge >= 0.3 is 5.97 Å². The van der Waals surface area contributed by atoms with Gasteiger partial charge in [0.2, 0.25) is 5.91 Å². The van der Waals surface area contributed by atoms with Crippen LogP contribution < -0.4 is 5.32 Å². The Morgan fingerprint density at radius 2 is 2.00 bits per heavy atom. The molecule has 4 rings (SSSR count). The summed E-state index contributed by atoms with van der Waals surface area (Å²) in [6.07, 6.45) is 1.69. The van der Waals surface area contributed by atoms with Crippen LogP contribution in [-0.4, -0.2) is 61.3 Å². The Bertz CT molecular complexity index is 1010. The second-order valence-electron chi connectivity index (χ2n) is 7.16. The fraction of sp³-hybridized carbons (Fsp3) is 0.364. The number of esters is 1. The number of rotatable bonds is 7. The summed E-state index contributed by atoms with van der Waals surface area (Å²) in [6.45, 7) is 3.79. The molecule has 1 aliphatic rings. The highest BCUT2D eigenvalue weighted by atomic mass is 32.1. The minimum absolute atomic E-state index is 0.0954. The van der Waals surface area contributed by atoms with Crippen molar-refractivity contribution in [3.8, 4) is 0 Å². The lowest BCUT2D eigenvalue weighted by atomic mass is 10.2. The third kappa shape index (κ3) is 4.40. The van der Waals surface area contributed by atoms with Crippen molar-refractivity contribution in [1.82, 2.24) is 14.8 Å². The maximum Gasteiger partial charge on any atom is 0.340 e. The van der Waals surface area contributed by atoms with E-state index in [4.69, 9.17) is 9.47 Å². The number of para-hydroxylation sites is 1. The number of nitrogens with zero attached hydrogens (tertiary/aromatic N) is 2. The number of hydrogen-bond acceptors (Lipinski definition) is 6. The smallest absolute Gasteiger partial charge is 0.340 e. The second kappa shape index (κ2) is 9.42. The second-order valence-corrected chi connectivity index (χ2v) is 8.14. The van der Waals surface area contributed by atoms with Crippen LogP contribution in [0.3, 0.4) is 0 Å². The molecule has 7 nitrogen and oxygen atoms in total. The Morgan fingerprint density at radius 1 is 1.20 bits per heavy atom. The molecule has 0 unspecified atom stereocenters. The quantitative estimate of drug-likeness (QED) is 0.587. The average molecular weight is 428 g/mol. The van der Waals surface area contributed by atoms with Gasteiger partial charge in [-0.1, -0.05) is 24.3 Å². The van der Waals surface area contributed by atoms with Gasteiger partial charge in [-0.25, -0.2) is 4.79 Å². The molecule has 0 spiro atoms. The van der Waals surface area contributed by atoms with E-state index in [2.05, 4.69) is 21.7 Å². The molecule has 0 aliphatic carbocycles. The normalized spacial score (nSPS) is 15.8. The van der Waals surface area contributed by atoms with E-state index >= 15 is 0 Å². The SMILES string of the molecule is COC(=O)c1cn(CC(=O)NC[C@H](c2cccs2)N2CCOCC2)c2ccccc12. The van der Waals surface area contributed by atoms with Gasteiger partial charge in [0, 0.05) is 41.6 Å². The Hall–Kier alpha value is -2.68. The zero-order chi connectivity index (χ0) is 20.9. The van der Waals surface area contributed by atoms with E-state index in [1.54, 1.807) is 22.1 Å². The van der Waals surface area contributed by atoms with Crippen molar-refractivity contribution in [3.63, 3.8) is 0 Å². The molecule has 1 fully saturated rings. The van der Waals surface area contributed by atoms with Crippen LogP contribution >= 0.6 is 11.3 Å². The molecule has 0 radical (unpaired) electrons. The average Bonchev–Trinajstić information content (AvgIpc) is 3.43. The maximum atomic E-state index is 12.8. The number of hydrogen-bond donors (Lipinski definition) is 1. The van der Waals surface area contributed by atoms with Gasteiger partial charge in [-0.15, -0.1) is 11.3 Å². The van der Waals surface area contributed by atoms with Gasteiger partial charge in [0.25, 0.3) is 0 Å². The maximum absolute atomic E-state index is 12.8. The van der Waals surface area contributed by atoms with Crippen LogP contribution in [0.25, 0.3) is 10.9 Å². The number of nitrogens with one attached hydrogen (secondary N) is 1. The predicted molar refractivity (Wildman–Crippen MR) is 116 cm³/mol. The van der Waals surface area contributed by atoms with Crippen molar-refractivity contribution in [2.24, 2.45) is 0 Å². The molecule has 30 heavy (non-hydrogen) atoms. The molecular formula is C22H25N3O4S. The lowest BCUT2D eigenvalue weighted by molar-refractivity contribution is -0.122. The van der Waals surface area contributed by atoms with Crippen LogP contribution in [0.5, 0.6) is 0 Å². The number of methoxy groups -OCH3 is 1. The van der Waals surface area contributed by atoms with Gasteiger partial charge in [0.1, 0.15) is 6.54 Å². The summed E-state index contributed by atoms with van der Waals surface area (Å²) in [5.41, 5.74) is 1.29. The molecule has 1 amide bonds. The highest BCUT2D eigenvalue weighted by molar-refractivity contribution is 7.10. The zero-order valence-corrected chi connectivity index (χ0v) is 17.7. The third-order valence-corrected chi connectivity index (χ3v) is 6.33. The molecule has 3 aromatic rings. The van der Waals surface area contributed by atoms with Crippen LogP contribution in [-0.2, 0) is 20.8 Å². The Labute approximate surface area is 179 Å². The molecule has 0 saturated carbocycles. The van der Waals surface area contributed by atoms with E-state index in [1.807, 2.05) is 30.3 Å². The van der Waals surface area contributed by atoms with Gasteiger partial charge in [0.15, 0.2) is 0 Å². The Kier molecular flexibility index (Phi) is 6.47. The molecule has 1 atom stereocenters. The fourth-order valence-electron chi connectivity index (χ4n) is 3.85. The standard InChI is InChI=1S/C22H25N3O4S/c1-28-22(27)17-14-25(18-6-3-2-5-16(17)18)15-21(26)23-13-19(20-7-4-12-30-20)24-8-10-29-11-9-24/h2-7,12,14,19H,8-11,13,15H2,1H3,(H,23,26)/t19-/m1/s1. The van der Waals surface area contributed by atoms with E-state index in [9.17, 15) is 9.59 Å².